The summed E-state index contributed by atoms with van der Waals surface area (Å²) in [7, 11) is 0. The molecule has 0 aliphatic rings. The van der Waals surface area contributed by atoms with E-state index in [1.807, 2.05) is 0 Å². The van der Waals surface area contributed by atoms with Gasteiger partial charge in [-0.2, -0.15) is 0 Å². The Morgan fingerprint density at radius 2 is 1.37 bits per heavy atom. The molecule has 0 aliphatic carbocycles. The molecule has 0 aromatic heterocycles. The molecule has 0 bridgehead atoms. The Hall–Kier alpha value is -0.860. The molecule has 0 heterocycles. The van der Waals surface area contributed by atoms with Crippen molar-refractivity contribution in [2.45, 2.75) is 63.6 Å². The van der Waals surface area contributed by atoms with E-state index in [0.29, 0.717) is 0 Å². The number of Topliss-reactive ketones (excluding diaryl/α,β-unsaturated/α-hetero) is 2. The fourth-order valence-electron chi connectivity index (χ4n) is 1.81. The summed E-state index contributed by atoms with van der Waals surface area (Å²) in [4.78, 5) is 22.7. The van der Waals surface area contributed by atoms with Gasteiger partial charge >= 0.3 is 0 Å². The van der Waals surface area contributed by atoms with Crippen LogP contribution in [0.5, 0.6) is 0 Å². The monoisotopic (exact) mass is 278 g/mol. The lowest BCUT2D eigenvalue weighted by Crippen LogP contribution is -2.72. The van der Waals surface area contributed by atoms with Crippen molar-refractivity contribution in [2.75, 3.05) is 0 Å². The summed E-state index contributed by atoms with van der Waals surface area (Å²) in [6.07, 6.45) is -3.27. The fourth-order valence-corrected chi connectivity index (χ4v) is 1.81. The average molecular weight is 278 g/mol. The molecule has 19 heavy (non-hydrogen) atoms. The van der Waals surface area contributed by atoms with Gasteiger partial charge in [0, 0.05) is 6.92 Å². The van der Waals surface area contributed by atoms with Crippen LogP contribution >= 0.6 is 0 Å². The number of hydrogen-bond donors (Lipinski definition) is 5. The van der Waals surface area contributed by atoms with Gasteiger partial charge in [0.2, 0.25) is 5.78 Å². The highest BCUT2D eigenvalue weighted by Gasteiger charge is 2.61. The maximum absolute atomic E-state index is 11.6. The van der Waals surface area contributed by atoms with Gasteiger partial charge in [-0.25, -0.2) is 0 Å². The highest BCUT2D eigenvalue weighted by Crippen LogP contribution is 2.36. The lowest BCUT2D eigenvalue weighted by Gasteiger charge is -2.48. The second-order valence-corrected chi connectivity index (χ2v) is 5.36. The summed E-state index contributed by atoms with van der Waals surface area (Å²) >= 11 is 0. The topological polar surface area (TPSA) is 135 Å². The molecule has 112 valence electrons. The molecule has 5 N–H and O–H groups in total. The number of ketones is 2. The number of carbonyl (C=O) groups excluding carboxylic acids is 2. The first-order valence-electron chi connectivity index (χ1n) is 5.79. The summed E-state index contributed by atoms with van der Waals surface area (Å²) in [5.41, 5.74) is -7.63. The van der Waals surface area contributed by atoms with Crippen molar-refractivity contribution in [3.8, 4) is 0 Å². The molecule has 0 radical (unpaired) electrons. The van der Waals surface area contributed by atoms with E-state index >= 15 is 0 Å². The molecule has 0 fully saturated rings. The SMILES string of the molecule is CC(=O)C(=O)[C@](C)(O)[C@@](C)(O)[C@](C)(O)[C@H](O)C(C)O. The molecule has 7 heteroatoms. The average Bonchev–Trinajstić information content (AvgIpc) is 2.25. The van der Waals surface area contributed by atoms with Crippen LogP contribution in [0.1, 0.15) is 34.6 Å². The van der Waals surface area contributed by atoms with E-state index in [2.05, 4.69) is 0 Å². The smallest absolute Gasteiger partial charge is 0.232 e. The van der Waals surface area contributed by atoms with Gasteiger partial charge in [-0.05, 0) is 27.7 Å². The third-order valence-corrected chi connectivity index (χ3v) is 3.73. The van der Waals surface area contributed by atoms with Crippen LogP contribution in [0.2, 0.25) is 0 Å². The van der Waals surface area contributed by atoms with Crippen LogP contribution in [0.15, 0.2) is 0 Å². The van der Waals surface area contributed by atoms with E-state index < -0.39 is 40.6 Å². The molecule has 0 rings (SSSR count). The molecule has 0 saturated heterocycles. The van der Waals surface area contributed by atoms with Crippen molar-refractivity contribution in [3.63, 3.8) is 0 Å². The second-order valence-electron chi connectivity index (χ2n) is 5.36. The van der Waals surface area contributed by atoms with Crippen molar-refractivity contribution in [1.29, 1.82) is 0 Å². The molecular weight excluding hydrogens is 256 g/mol. The first-order chi connectivity index (χ1) is 8.21. The van der Waals surface area contributed by atoms with Gasteiger partial charge in [0.05, 0.1) is 6.10 Å². The third kappa shape index (κ3) is 2.85. The van der Waals surface area contributed by atoms with Crippen LogP contribution in [0.3, 0.4) is 0 Å². The summed E-state index contributed by atoms with van der Waals surface area (Å²) in [5.74, 6) is -2.32. The maximum Gasteiger partial charge on any atom is 0.232 e. The van der Waals surface area contributed by atoms with Crippen LogP contribution in [-0.2, 0) is 9.59 Å². The molecule has 7 nitrogen and oxygen atoms in total. The predicted molar refractivity (Wildman–Crippen MR) is 65.2 cm³/mol. The van der Waals surface area contributed by atoms with Crippen molar-refractivity contribution in [3.05, 3.63) is 0 Å². The molecule has 0 spiro atoms. The minimum atomic E-state index is -2.63. The zero-order valence-corrected chi connectivity index (χ0v) is 11.7. The Kier molecular flexibility index (Phi) is 5.02. The first kappa shape index (κ1) is 18.1. The molecule has 0 saturated carbocycles. The zero-order chi connectivity index (χ0) is 15.8. The maximum atomic E-state index is 11.6. The Morgan fingerprint density at radius 1 is 1.00 bits per heavy atom. The van der Waals surface area contributed by atoms with Gasteiger partial charge in [0.15, 0.2) is 11.4 Å². The Labute approximate surface area is 111 Å². The Bertz CT molecular complexity index is 368. The molecule has 5 atom stereocenters. The van der Waals surface area contributed by atoms with E-state index in [0.717, 1.165) is 34.6 Å². The van der Waals surface area contributed by atoms with E-state index in [9.17, 15) is 35.1 Å². The second kappa shape index (κ2) is 5.26. The number of carbonyl (C=O) groups is 2. The molecule has 0 aromatic carbocycles. The zero-order valence-electron chi connectivity index (χ0n) is 11.7. The van der Waals surface area contributed by atoms with Gasteiger partial charge in [-0.1, -0.05) is 0 Å². The van der Waals surface area contributed by atoms with Crippen LogP contribution in [0, 0.1) is 0 Å². The van der Waals surface area contributed by atoms with Crippen molar-refractivity contribution in [2.24, 2.45) is 0 Å². The van der Waals surface area contributed by atoms with Gasteiger partial charge in [-0.15, -0.1) is 0 Å². The number of aliphatic hydroxyl groups excluding tert-OH is 2. The van der Waals surface area contributed by atoms with Crippen LogP contribution in [0.4, 0.5) is 0 Å². The molecule has 1 unspecified atom stereocenters. The minimum absolute atomic E-state index is 0.861. The van der Waals surface area contributed by atoms with Crippen molar-refractivity contribution in [1.82, 2.24) is 0 Å². The van der Waals surface area contributed by atoms with E-state index in [4.69, 9.17) is 0 Å². The van der Waals surface area contributed by atoms with Gasteiger partial charge in [0.25, 0.3) is 0 Å². The lowest BCUT2D eigenvalue weighted by molar-refractivity contribution is -0.258. The molecule has 0 amide bonds. The number of rotatable bonds is 6. The van der Waals surface area contributed by atoms with Crippen LogP contribution in [0.25, 0.3) is 0 Å². The summed E-state index contributed by atoms with van der Waals surface area (Å²) in [5, 5.41) is 49.5. The van der Waals surface area contributed by atoms with Crippen LogP contribution in [-0.4, -0.2) is 66.1 Å². The van der Waals surface area contributed by atoms with E-state index in [1.165, 1.54) is 0 Å². The van der Waals surface area contributed by atoms with Gasteiger partial charge in [-0.3, -0.25) is 9.59 Å². The number of hydrogen-bond acceptors (Lipinski definition) is 7. The largest absolute Gasteiger partial charge is 0.391 e. The Balaban J connectivity index is 5.71. The Morgan fingerprint density at radius 3 is 1.63 bits per heavy atom. The third-order valence-electron chi connectivity index (χ3n) is 3.73. The van der Waals surface area contributed by atoms with Gasteiger partial charge in [0.1, 0.15) is 17.3 Å². The molecule has 0 aromatic rings. The first-order valence-corrected chi connectivity index (χ1v) is 5.79. The van der Waals surface area contributed by atoms with E-state index in [1.54, 1.807) is 0 Å². The quantitative estimate of drug-likeness (QED) is 0.359. The summed E-state index contributed by atoms with van der Waals surface area (Å²) in [6.45, 7) is 4.79. The highest BCUT2D eigenvalue weighted by atomic mass is 16.4. The summed E-state index contributed by atoms with van der Waals surface area (Å²) < 4.78 is 0. The standard InChI is InChI=1S/C12H22O7/c1-6(13)8(15)10(3,17)12(5,19)11(4,18)9(16)7(2)14/h6,8,13,15,17-19H,1-5H3/t6?,8-,10-,11+,12+/m1/s1. The minimum Gasteiger partial charge on any atom is -0.391 e. The highest BCUT2D eigenvalue weighted by molar-refractivity contribution is 6.39. The lowest BCUT2D eigenvalue weighted by atomic mass is 9.68. The predicted octanol–water partition coefficient (Wildman–Crippen LogP) is -1.86. The van der Waals surface area contributed by atoms with Gasteiger partial charge < -0.3 is 25.5 Å². The fraction of sp³-hybridized carbons (Fsp3) is 0.833. The summed E-state index contributed by atoms with van der Waals surface area (Å²) in [6, 6.07) is 0. The van der Waals surface area contributed by atoms with Crippen LogP contribution < -0.4 is 0 Å². The van der Waals surface area contributed by atoms with E-state index in [-0.39, 0.29) is 0 Å². The normalized spacial score (nSPS) is 24.5. The van der Waals surface area contributed by atoms with Crippen molar-refractivity contribution < 1.29 is 35.1 Å². The molecule has 0 aliphatic heterocycles. The number of aliphatic hydroxyl groups is 5. The van der Waals surface area contributed by atoms with Crippen molar-refractivity contribution >= 4 is 11.6 Å². The molecular formula is C12H22O7.